The molecule has 7 nitrogen and oxygen atoms in total. The zero-order valence-corrected chi connectivity index (χ0v) is 15.4. The molecule has 24 heavy (non-hydrogen) atoms. The summed E-state index contributed by atoms with van der Waals surface area (Å²) in [7, 11) is 2.07. The van der Waals surface area contributed by atoms with E-state index in [9.17, 15) is 4.79 Å². The number of aromatic nitrogens is 3. The number of hydrogen-bond donors (Lipinski definition) is 0. The third-order valence-electron chi connectivity index (χ3n) is 4.95. The minimum absolute atomic E-state index is 0.256. The average Bonchev–Trinajstić information content (AvgIpc) is 2.97. The van der Waals surface area contributed by atoms with Gasteiger partial charge in [0.1, 0.15) is 11.6 Å². The van der Waals surface area contributed by atoms with Crippen molar-refractivity contribution in [2.45, 2.75) is 25.3 Å². The maximum absolute atomic E-state index is 12.0. The van der Waals surface area contributed by atoms with Crippen molar-refractivity contribution in [3.8, 4) is 0 Å². The molecular formula is C16H27N5O2S. The molecule has 3 heterocycles. The highest BCUT2D eigenvalue weighted by molar-refractivity contribution is 7.99. The van der Waals surface area contributed by atoms with E-state index in [2.05, 4.69) is 26.7 Å². The molecule has 0 unspecified atom stereocenters. The van der Waals surface area contributed by atoms with Crippen molar-refractivity contribution >= 4 is 17.7 Å². The molecular weight excluding hydrogens is 326 g/mol. The fourth-order valence-electron chi connectivity index (χ4n) is 3.43. The third-order valence-corrected chi connectivity index (χ3v) is 5.48. The second-order valence-electron chi connectivity index (χ2n) is 6.51. The van der Waals surface area contributed by atoms with Crippen LogP contribution in [0.4, 0.5) is 0 Å². The lowest BCUT2D eigenvalue weighted by Gasteiger charge is -2.31. The van der Waals surface area contributed by atoms with Gasteiger partial charge in [0, 0.05) is 39.1 Å². The summed E-state index contributed by atoms with van der Waals surface area (Å²) in [4.78, 5) is 16.3. The van der Waals surface area contributed by atoms with E-state index in [0.29, 0.717) is 11.7 Å². The molecule has 8 heteroatoms. The van der Waals surface area contributed by atoms with Gasteiger partial charge in [0.05, 0.1) is 25.5 Å². The number of amides is 1. The van der Waals surface area contributed by atoms with Gasteiger partial charge < -0.3 is 14.2 Å². The van der Waals surface area contributed by atoms with Crippen molar-refractivity contribution in [3.63, 3.8) is 0 Å². The molecule has 0 atom stereocenters. The predicted molar refractivity (Wildman–Crippen MR) is 94.0 cm³/mol. The van der Waals surface area contributed by atoms with Crippen molar-refractivity contribution in [3.05, 3.63) is 11.6 Å². The molecule has 2 aliphatic rings. The highest BCUT2D eigenvalue weighted by Gasteiger charge is 2.27. The fourth-order valence-corrected chi connectivity index (χ4v) is 3.86. The van der Waals surface area contributed by atoms with Gasteiger partial charge in [-0.15, -0.1) is 10.2 Å². The van der Waals surface area contributed by atoms with Crippen molar-refractivity contribution in [2.24, 2.45) is 7.05 Å². The lowest BCUT2D eigenvalue weighted by atomic mass is 9.96. The van der Waals surface area contributed by atoms with Crippen LogP contribution in [0.2, 0.25) is 0 Å². The largest absolute Gasteiger partial charge is 0.379 e. The van der Waals surface area contributed by atoms with Gasteiger partial charge in [0.2, 0.25) is 5.91 Å². The number of carbonyl (C=O) groups excluding carboxylic acids is 1. The molecule has 1 amide bonds. The normalized spacial score (nSPS) is 20.5. The van der Waals surface area contributed by atoms with Crippen LogP contribution in [0.5, 0.6) is 0 Å². The summed E-state index contributed by atoms with van der Waals surface area (Å²) in [6.07, 6.45) is 3.92. The average molecular weight is 353 g/mol. The Morgan fingerprint density at radius 1 is 1.21 bits per heavy atom. The molecule has 3 rings (SSSR count). The first-order chi connectivity index (χ1) is 11.7. The molecule has 2 saturated heterocycles. The Morgan fingerprint density at radius 3 is 2.58 bits per heavy atom. The van der Waals surface area contributed by atoms with Crippen molar-refractivity contribution < 1.29 is 9.53 Å². The number of ether oxygens (including phenoxy) is 1. The van der Waals surface area contributed by atoms with Crippen molar-refractivity contribution in [1.29, 1.82) is 0 Å². The smallest absolute Gasteiger partial charge is 0.232 e. The number of nitrogens with zero attached hydrogens (tertiary/aromatic N) is 5. The Morgan fingerprint density at radius 2 is 1.92 bits per heavy atom. The maximum Gasteiger partial charge on any atom is 0.232 e. The van der Waals surface area contributed by atoms with Crippen LogP contribution in [-0.4, -0.2) is 81.9 Å². The number of morpholine rings is 1. The monoisotopic (exact) mass is 353 g/mol. The molecule has 0 aliphatic carbocycles. The molecule has 134 valence electrons. The van der Waals surface area contributed by atoms with E-state index in [1.54, 1.807) is 11.8 Å². The molecule has 0 bridgehead atoms. The van der Waals surface area contributed by atoms with Crippen LogP contribution >= 0.6 is 11.8 Å². The summed E-state index contributed by atoms with van der Waals surface area (Å²) in [6.45, 7) is 6.00. The highest BCUT2D eigenvalue weighted by atomic mass is 32.2. The van der Waals surface area contributed by atoms with E-state index in [1.807, 2.05) is 11.2 Å². The standard InChI is InChI=1S/C16H27N5O2S/c1-19-14(11-20-7-9-23-10-8-20)17-18-16(19)13-3-5-21(6-4-13)15(22)12-24-2/h13H,3-12H2,1-2H3. The topological polar surface area (TPSA) is 63.5 Å². The van der Waals surface area contributed by atoms with Crippen molar-refractivity contribution in [2.75, 3.05) is 51.4 Å². The second-order valence-corrected chi connectivity index (χ2v) is 7.38. The summed E-state index contributed by atoms with van der Waals surface area (Å²) >= 11 is 1.59. The highest BCUT2D eigenvalue weighted by Crippen LogP contribution is 2.27. The number of hydrogen-bond acceptors (Lipinski definition) is 6. The molecule has 1 aromatic rings. The summed E-state index contributed by atoms with van der Waals surface area (Å²) in [5, 5.41) is 8.87. The van der Waals surface area contributed by atoms with Gasteiger partial charge >= 0.3 is 0 Å². The molecule has 0 N–H and O–H groups in total. The summed E-state index contributed by atoms with van der Waals surface area (Å²) in [5.41, 5.74) is 0. The molecule has 2 fully saturated rings. The summed E-state index contributed by atoms with van der Waals surface area (Å²) in [6, 6.07) is 0. The van der Waals surface area contributed by atoms with Gasteiger partial charge in [-0.25, -0.2) is 0 Å². The number of carbonyl (C=O) groups is 1. The van der Waals surface area contributed by atoms with Crippen LogP contribution in [-0.2, 0) is 23.1 Å². The lowest BCUT2D eigenvalue weighted by molar-refractivity contribution is -0.129. The first-order valence-electron chi connectivity index (χ1n) is 8.64. The predicted octanol–water partition coefficient (Wildman–Crippen LogP) is 0.716. The first kappa shape index (κ1) is 17.7. The van der Waals surface area contributed by atoms with E-state index >= 15 is 0 Å². The number of rotatable bonds is 5. The van der Waals surface area contributed by atoms with Gasteiger partial charge in [-0.1, -0.05) is 0 Å². The van der Waals surface area contributed by atoms with Crippen molar-refractivity contribution in [1.82, 2.24) is 24.6 Å². The summed E-state index contributed by atoms with van der Waals surface area (Å²) in [5.74, 6) is 3.33. The zero-order chi connectivity index (χ0) is 16.9. The molecule has 1 aromatic heterocycles. The molecule has 0 radical (unpaired) electrons. The molecule has 0 aromatic carbocycles. The van der Waals surface area contributed by atoms with Gasteiger partial charge in [0.25, 0.3) is 0 Å². The summed E-state index contributed by atoms with van der Waals surface area (Å²) < 4.78 is 7.55. The Balaban J connectivity index is 1.57. The third kappa shape index (κ3) is 4.10. The second kappa shape index (κ2) is 8.31. The first-order valence-corrected chi connectivity index (χ1v) is 10.0. The van der Waals surface area contributed by atoms with E-state index in [1.165, 1.54) is 0 Å². The molecule has 0 spiro atoms. The van der Waals surface area contributed by atoms with Crippen LogP contribution in [0.1, 0.15) is 30.4 Å². The Hall–Kier alpha value is -1.12. The zero-order valence-electron chi connectivity index (χ0n) is 14.6. The van der Waals surface area contributed by atoms with Gasteiger partial charge in [-0.2, -0.15) is 11.8 Å². The maximum atomic E-state index is 12.0. The van der Waals surface area contributed by atoms with Crippen LogP contribution in [0.15, 0.2) is 0 Å². The Labute approximate surface area is 147 Å². The number of thioether (sulfide) groups is 1. The minimum atomic E-state index is 0.256. The molecule has 2 aliphatic heterocycles. The Bertz CT molecular complexity index is 551. The van der Waals surface area contributed by atoms with Gasteiger partial charge in [0.15, 0.2) is 0 Å². The van der Waals surface area contributed by atoms with E-state index in [-0.39, 0.29) is 5.91 Å². The Kier molecular flexibility index (Phi) is 6.13. The van der Waals surface area contributed by atoms with Crippen LogP contribution in [0.25, 0.3) is 0 Å². The number of piperidine rings is 1. The van der Waals surface area contributed by atoms with E-state index < -0.39 is 0 Å². The van der Waals surface area contributed by atoms with Crippen LogP contribution in [0, 0.1) is 0 Å². The van der Waals surface area contributed by atoms with E-state index in [4.69, 9.17) is 4.74 Å². The SMILES string of the molecule is CSCC(=O)N1CCC(c2nnc(CN3CCOCC3)n2C)CC1. The fraction of sp³-hybridized carbons (Fsp3) is 0.812. The van der Waals surface area contributed by atoms with Crippen LogP contribution in [0.3, 0.4) is 0 Å². The van der Waals surface area contributed by atoms with Gasteiger partial charge in [-0.05, 0) is 19.1 Å². The quantitative estimate of drug-likeness (QED) is 0.777. The minimum Gasteiger partial charge on any atom is -0.379 e. The number of likely N-dealkylation sites (tertiary alicyclic amines) is 1. The molecule has 0 saturated carbocycles. The van der Waals surface area contributed by atoms with Crippen LogP contribution < -0.4 is 0 Å². The van der Waals surface area contributed by atoms with Gasteiger partial charge in [-0.3, -0.25) is 9.69 Å². The lowest BCUT2D eigenvalue weighted by Crippen LogP contribution is -2.39. The van der Waals surface area contributed by atoms with E-state index in [0.717, 1.165) is 70.4 Å².